The molecule has 2 N–H and O–H groups in total. The normalized spacial score (nSPS) is 21.6. The van der Waals surface area contributed by atoms with Gasteiger partial charge in [-0.2, -0.15) is 0 Å². The largest absolute Gasteiger partial charge is 0.496 e. The molecule has 39 heavy (non-hydrogen) atoms. The van der Waals surface area contributed by atoms with Crippen LogP contribution >= 0.6 is 0 Å². The lowest BCUT2D eigenvalue weighted by Crippen LogP contribution is -2.51. The number of rotatable bonds is 3. The molecular weight excluding hydrogens is 518 g/mol. The van der Waals surface area contributed by atoms with E-state index in [9.17, 15) is 18.0 Å². The summed E-state index contributed by atoms with van der Waals surface area (Å²) < 4.78 is 36.2. The number of para-hydroxylation sites is 1. The van der Waals surface area contributed by atoms with Crippen LogP contribution in [0.25, 0.3) is 0 Å². The van der Waals surface area contributed by atoms with Gasteiger partial charge in [0.15, 0.2) is 0 Å². The minimum atomic E-state index is -4.01. The van der Waals surface area contributed by atoms with E-state index in [0.29, 0.717) is 24.4 Å². The number of amides is 2. The van der Waals surface area contributed by atoms with Crippen molar-refractivity contribution in [2.24, 2.45) is 5.14 Å². The number of nitrogens with two attached hydrogens (primary N) is 1. The zero-order chi connectivity index (χ0) is 28.0. The second-order valence-electron chi connectivity index (χ2n) is 10.4. The Morgan fingerprint density at radius 2 is 1.67 bits per heavy atom. The SMILES string of the molecule is COc1ccc(S(N)(=O)=O)cc1C(=O)N1CCCCCCCN(C)C(=O)c2ccccc2O[C@H]2CCCC[C@H]21. The van der Waals surface area contributed by atoms with Crippen LogP contribution in [0.1, 0.15) is 78.5 Å². The summed E-state index contributed by atoms with van der Waals surface area (Å²) in [6.45, 7) is 1.18. The fraction of sp³-hybridized carbons (Fsp3) is 0.517. The van der Waals surface area contributed by atoms with Crippen molar-refractivity contribution in [3.63, 3.8) is 0 Å². The van der Waals surface area contributed by atoms with Crippen molar-refractivity contribution >= 4 is 21.8 Å². The van der Waals surface area contributed by atoms with Gasteiger partial charge < -0.3 is 19.3 Å². The molecule has 2 aromatic carbocycles. The third kappa shape index (κ3) is 6.91. The van der Waals surface area contributed by atoms with Gasteiger partial charge in [0, 0.05) is 20.1 Å². The van der Waals surface area contributed by atoms with Gasteiger partial charge in [0.05, 0.1) is 29.2 Å². The number of fused-ring (bicyclic) bond motifs is 2. The molecule has 2 aliphatic rings. The van der Waals surface area contributed by atoms with Crippen LogP contribution in [0.15, 0.2) is 47.4 Å². The second-order valence-corrected chi connectivity index (χ2v) is 12.0. The number of nitrogens with zero attached hydrogens (tertiary/aromatic N) is 2. The molecule has 1 saturated carbocycles. The molecule has 0 unspecified atom stereocenters. The second kappa shape index (κ2) is 12.8. The van der Waals surface area contributed by atoms with Crippen LogP contribution in [0.4, 0.5) is 0 Å². The maximum atomic E-state index is 14.1. The predicted molar refractivity (Wildman–Crippen MR) is 149 cm³/mol. The maximum Gasteiger partial charge on any atom is 0.258 e. The van der Waals surface area contributed by atoms with Crippen molar-refractivity contribution in [3.05, 3.63) is 53.6 Å². The van der Waals surface area contributed by atoms with Gasteiger partial charge in [0.2, 0.25) is 10.0 Å². The number of ether oxygens (including phenoxy) is 2. The van der Waals surface area contributed by atoms with Crippen molar-refractivity contribution in [1.82, 2.24) is 9.80 Å². The summed E-state index contributed by atoms with van der Waals surface area (Å²) >= 11 is 0. The van der Waals surface area contributed by atoms with Crippen molar-refractivity contribution in [3.8, 4) is 11.5 Å². The predicted octanol–water partition coefficient (Wildman–Crippen LogP) is 4.21. The van der Waals surface area contributed by atoms with Gasteiger partial charge in [-0.1, -0.05) is 37.8 Å². The first-order valence-electron chi connectivity index (χ1n) is 13.7. The molecule has 9 nitrogen and oxygen atoms in total. The highest BCUT2D eigenvalue weighted by atomic mass is 32.2. The van der Waals surface area contributed by atoms with Crippen LogP contribution < -0.4 is 14.6 Å². The average Bonchev–Trinajstić information content (AvgIpc) is 2.93. The summed E-state index contributed by atoms with van der Waals surface area (Å²) in [5, 5.41) is 5.38. The van der Waals surface area contributed by atoms with Gasteiger partial charge in [-0.05, 0) is 62.4 Å². The van der Waals surface area contributed by atoms with Crippen LogP contribution in [0, 0.1) is 0 Å². The van der Waals surface area contributed by atoms with Crippen LogP contribution in [0.3, 0.4) is 0 Å². The first-order valence-corrected chi connectivity index (χ1v) is 15.3. The third-order valence-electron chi connectivity index (χ3n) is 7.69. The minimum Gasteiger partial charge on any atom is -0.496 e. The van der Waals surface area contributed by atoms with E-state index < -0.39 is 10.0 Å². The first kappa shape index (κ1) is 28.9. The molecule has 2 atom stereocenters. The Morgan fingerprint density at radius 1 is 0.974 bits per heavy atom. The summed E-state index contributed by atoms with van der Waals surface area (Å²) in [5.74, 6) is 0.412. The zero-order valence-corrected chi connectivity index (χ0v) is 23.6. The molecule has 4 rings (SSSR count). The molecular formula is C29H39N3O6S. The fourth-order valence-corrected chi connectivity index (χ4v) is 6.09. The van der Waals surface area contributed by atoms with Gasteiger partial charge >= 0.3 is 0 Å². The van der Waals surface area contributed by atoms with Crippen molar-refractivity contribution in [2.45, 2.75) is 74.8 Å². The molecule has 2 aromatic rings. The number of primary sulfonamides is 1. The number of sulfonamides is 1. The standard InChI is InChI=1S/C29H39N3O6S/c1-31-18-10-4-3-5-11-19-32(29(34)23-20-21(39(30,35)36)16-17-25(23)37-2)24-13-7-9-15-27(24)38-26-14-8-6-12-22(26)28(31)33/h6,8,12,14,16-17,20,24,27H,3-5,7,9-11,13,15,18-19H2,1-2H3,(H2,30,35,36)/t24-,27+/m1/s1. The Hall–Kier alpha value is -3.11. The highest BCUT2D eigenvalue weighted by molar-refractivity contribution is 7.89. The highest BCUT2D eigenvalue weighted by Crippen LogP contribution is 2.33. The summed E-state index contributed by atoms with van der Waals surface area (Å²) in [6, 6.07) is 11.1. The summed E-state index contributed by atoms with van der Waals surface area (Å²) in [4.78, 5) is 30.9. The van der Waals surface area contributed by atoms with Crippen molar-refractivity contribution in [2.75, 3.05) is 27.2 Å². The lowest BCUT2D eigenvalue weighted by molar-refractivity contribution is 0.0268. The van der Waals surface area contributed by atoms with E-state index in [0.717, 1.165) is 57.8 Å². The molecule has 0 saturated heterocycles. The summed E-state index contributed by atoms with van der Waals surface area (Å²) in [6.07, 6.45) is 7.66. The Labute approximate surface area is 231 Å². The van der Waals surface area contributed by atoms with E-state index in [1.807, 2.05) is 30.1 Å². The van der Waals surface area contributed by atoms with E-state index >= 15 is 0 Å². The molecule has 0 bridgehead atoms. The van der Waals surface area contributed by atoms with E-state index in [-0.39, 0.29) is 40.2 Å². The number of hydrogen-bond donors (Lipinski definition) is 1. The average molecular weight is 558 g/mol. The Bertz CT molecular complexity index is 1280. The maximum absolute atomic E-state index is 14.1. The van der Waals surface area contributed by atoms with Crippen molar-refractivity contribution < 1.29 is 27.5 Å². The fourth-order valence-electron chi connectivity index (χ4n) is 5.55. The molecule has 0 radical (unpaired) electrons. The Kier molecular flexibility index (Phi) is 9.50. The number of carbonyl (C=O) groups excluding carboxylic acids is 2. The molecule has 10 heteroatoms. The van der Waals surface area contributed by atoms with Gasteiger partial charge in [0.1, 0.15) is 17.6 Å². The Morgan fingerprint density at radius 3 is 2.41 bits per heavy atom. The lowest BCUT2D eigenvalue weighted by atomic mass is 9.90. The van der Waals surface area contributed by atoms with Crippen LogP contribution in [-0.4, -0.2) is 69.4 Å². The number of carbonyl (C=O) groups is 2. The first-order chi connectivity index (χ1) is 18.7. The van der Waals surface area contributed by atoms with Crippen molar-refractivity contribution in [1.29, 1.82) is 0 Å². The molecule has 0 spiro atoms. The zero-order valence-electron chi connectivity index (χ0n) is 22.8. The minimum absolute atomic E-state index is 0.0784. The van der Waals surface area contributed by atoms with Crippen LogP contribution in [0.5, 0.6) is 11.5 Å². The van der Waals surface area contributed by atoms with E-state index in [1.54, 1.807) is 11.0 Å². The van der Waals surface area contributed by atoms with Gasteiger partial charge in [-0.15, -0.1) is 0 Å². The smallest absolute Gasteiger partial charge is 0.258 e. The molecule has 1 aliphatic heterocycles. The molecule has 212 valence electrons. The van der Waals surface area contributed by atoms with E-state index in [1.165, 1.54) is 25.3 Å². The quantitative estimate of drug-likeness (QED) is 0.604. The van der Waals surface area contributed by atoms with Gasteiger partial charge in [-0.25, -0.2) is 13.6 Å². The topological polar surface area (TPSA) is 119 Å². The van der Waals surface area contributed by atoms with Crippen LogP contribution in [-0.2, 0) is 10.0 Å². The summed E-state index contributed by atoms with van der Waals surface area (Å²) in [5.41, 5.74) is 0.670. The van der Waals surface area contributed by atoms with Crippen LogP contribution in [0.2, 0.25) is 0 Å². The molecule has 1 aliphatic carbocycles. The number of benzene rings is 2. The van der Waals surface area contributed by atoms with E-state index in [4.69, 9.17) is 14.6 Å². The molecule has 1 fully saturated rings. The van der Waals surface area contributed by atoms with E-state index in [2.05, 4.69) is 0 Å². The molecule has 2 amide bonds. The molecule has 0 aromatic heterocycles. The summed E-state index contributed by atoms with van der Waals surface area (Å²) in [7, 11) is -0.738. The third-order valence-corrected chi connectivity index (χ3v) is 8.60. The van der Waals surface area contributed by atoms with Gasteiger partial charge in [-0.3, -0.25) is 9.59 Å². The van der Waals surface area contributed by atoms with Gasteiger partial charge in [0.25, 0.3) is 11.8 Å². The molecule has 1 heterocycles. The monoisotopic (exact) mass is 557 g/mol. The highest BCUT2D eigenvalue weighted by Gasteiger charge is 2.36. The number of hydrogen-bond acceptors (Lipinski definition) is 6. The number of methoxy groups -OCH3 is 1. The lowest BCUT2D eigenvalue weighted by Gasteiger charge is -2.40. The Balaban J connectivity index is 1.74.